The predicted octanol–water partition coefficient (Wildman–Crippen LogP) is 2.77. The van der Waals surface area contributed by atoms with Crippen LogP contribution in [0.25, 0.3) is 0 Å². The molecule has 2 aliphatic rings. The lowest BCUT2D eigenvalue weighted by Gasteiger charge is -2.30. The molecule has 1 aromatic rings. The Hall–Kier alpha value is -2.31. The van der Waals surface area contributed by atoms with Gasteiger partial charge in [0, 0.05) is 31.3 Å². The lowest BCUT2D eigenvalue weighted by atomic mass is 10.2. The third-order valence-corrected chi connectivity index (χ3v) is 4.77. The molecule has 0 saturated carbocycles. The molecule has 0 N–H and O–H groups in total. The molecular formula is C20H29N3O4. The van der Waals surface area contributed by atoms with Crippen LogP contribution in [0.5, 0.6) is 5.88 Å². The number of rotatable bonds is 3. The van der Waals surface area contributed by atoms with E-state index in [9.17, 15) is 9.59 Å². The summed E-state index contributed by atoms with van der Waals surface area (Å²) in [5, 5.41) is 0. The molecule has 27 heavy (non-hydrogen) atoms. The summed E-state index contributed by atoms with van der Waals surface area (Å²) in [6.07, 6.45) is 1.78. The smallest absolute Gasteiger partial charge is 0.410 e. The number of hydrogen-bond acceptors (Lipinski definition) is 5. The lowest BCUT2D eigenvalue weighted by molar-refractivity contribution is -0.135. The normalized spacial score (nSPS) is 22.8. The Bertz CT molecular complexity index is 701. The van der Waals surface area contributed by atoms with Crippen molar-refractivity contribution >= 4 is 12.0 Å². The van der Waals surface area contributed by atoms with Crippen LogP contribution in [0.15, 0.2) is 18.2 Å². The Morgan fingerprint density at radius 3 is 2.67 bits per heavy atom. The first-order chi connectivity index (χ1) is 12.7. The Morgan fingerprint density at radius 2 is 1.96 bits per heavy atom. The van der Waals surface area contributed by atoms with Crippen LogP contribution in [0, 0.1) is 6.92 Å². The Morgan fingerprint density at radius 1 is 1.19 bits per heavy atom. The quantitative estimate of drug-likeness (QED) is 0.812. The number of aryl methyl sites for hydroxylation is 1. The van der Waals surface area contributed by atoms with Crippen molar-refractivity contribution < 1.29 is 19.1 Å². The summed E-state index contributed by atoms with van der Waals surface area (Å²) in [5.74, 6) is 0.576. The van der Waals surface area contributed by atoms with Gasteiger partial charge in [0.15, 0.2) is 0 Å². The number of pyridine rings is 1. The number of hydrogen-bond donors (Lipinski definition) is 0. The molecule has 2 saturated heterocycles. The van der Waals surface area contributed by atoms with E-state index in [0.29, 0.717) is 31.9 Å². The highest BCUT2D eigenvalue weighted by atomic mass is 16.6. The number of carbonyl (C=O) groups excluding carboxylic acids is 2. The minimum Gasteiger partial charge on any atom is -0.472 e. The van der Waals surface area contributed by atoms with Crippen molar-refractivity contribution in [1.29, 1.82) is 0 Å². The fraction of sp³-hybridized carbons (Fsp3) is 0.650. The van der Waals surface area contributed by atoms with Crippen LogP contribution < -0.4 is 4.74 Å². The fourth-order valence-electron chi connectivity index (χ4n) is 3.55. The average molecular weight is 375 g/mol. The highest BCUT2D eigenvalue weighted by Crippen LogP contribution is 2.25. The van der Waals surface area contributed by atoms with Crippen molar-refractivity contribution in [2.75, 3.05) is 19.6 Å². The monoisotopic (exact) mass is 375 g/mol. The summed E-state index contributed by atoms with van der Waals surface area (Å²) < 4.78 is 11.4. The molecule has 0 spiro atoms. The number of aromatic nitrogens is 1. The topological polar surface area (TPSA) is 72.0 Å². The minimum atomic E-state index is -0.569. The number of amides is 2. The Labute approximate surface area is 160 Å². The van der Waals surface area contributed by atoms with Gasteiger partial charge in [-0.1, -0.05) is 6.07 Å². The van der Waals surface area contributed by atoms with Crippen LogP contribution >= 0.6 is 0 Å². The summed E-state index contributed by atoms with van der Waals surface area (Å²) in [6, 6.07) is 5.23. The standard InChI is InChI=1S/C20H29N3O4/c1-14-7-5-9-17(21-14)26-15-10-12-22(13-15)18(24)16-8-6-11-23(16)19(25)27-20(2,3)4/h5,7,9,15-16H,6,8,10-13H2,1-4H3. The molecule has 2 unspecified atom stereocenters. The SMILES string of the molecule is Cc1cccc(OC2CCN(C(=O)C3CCCN3C(=O)OC(C)(C)C)C2)n1. The second-order valence-corrected chi connectivity index (χ2v) is 8.26. The molecule has 0 aliphatic carbocycles. The zero-order valence-corrected chi connectivity index (χ0v) is 16.6. The molecule has 1 aromatic heterocycles. The second-order valence-electron chi connectivity index (χ2n) is 8.26. The van der Waals surface area contributed by atoms with Gasteiger partial charge in [0.2, 0.25) is 11.8 Å². The molecular weight excluding hydrogens is 346 g/mol. The van der Waals surface area contributed by atoms with Crippen LogP contribution in [0.2, 0.25) is 0 Å². The number of ether oxygens (including phenoxy) is 2. The molecule has 2 atom stereocenters. The van der Waals surface area contributed by atoms with E-state index < -0.39 is 17.7 Å². The van der Waals surface area contributed by atoms with E-state index in [2.05, 4.69) is 4.98 Å². The van der Waals surface area contributed by atoms with Crippen molar-refractivity contribution in [3.05, 3.63) is 23.9 Å². The van der Waals surface area contributed by atoms with Gasteiger partial charge in [-0.25, -0.2) is 9.78 Å². The summed E-state index contributed by atoms with van der Waals surface area (Å²) in [4.78, 5) is 33.1. The zero-order chi connectivity index (χ0) is 19.6. The van der Waals surface area contributed by atoms with Crippen molar-refractivity contribution in [2.45, 2.75) is 64.7 Å². The van der Waals surface area contributed by atoms with E-state index in [-0.39, 0.29) is 12.0 Å². The minimum absolute atomic E-state index is 0.0124. The second kappa shape index (κ2) is 7.74. The maximum Gasteiger partial charge on any atom is 0.410 e. The first-order valence-corrected chi connectivity index (χ1v) is 9.62. The molecule has 3 heterocycles. The molecule has 2 aliphatic heterocycles. The molecule has 7 nitrogen and oxygen atoms in total. The van der Waals surface area contributed by atoms with Gasteiger partial charge in [-0.15, -0.1) is 0 Å². The van der Waals surface area contributed by atoms with Gasteiger partial charge in [0.1, 0.15) is 17.7 Å². The average Bonchev–Trinajstić information content (AvgIpc) is 3.22. The highest BCUT2D eigenvalue weighted by Gasteiger charge is 2.40. The third kappa shape index (κ3) is 4.90. The van der Waals surface area contributed by atoms with Gasteiger partial charge in [-0.3, -0.25) is 9.69 Å². The first-order valence-electron chi connectivity index (χ1n) is 9.62. The third-order valence-electron chi connectivity index (χ3n) is 4.77. The molecule has 3 rings (SSSR count). The summed E-state index contributed by atoms with van der Waals surface area (Å²) in [6.45, 7) is 9.13. The van der Waals surface area contributed by atoms with Crippen LogP contribution in [0.4, 0.5) is 4.79 Å². The predicted molar refractivity (Wildman–Crippen MR) is 101 cm³/mol. The van der Waals surface area contributed by atoms with Gasteiger partial charge < -0.3 is 14.4 Å². The largest absolute Gasteiger partial charge is 0.472 e. The summed E-state index contributed by atoms with van der Waals surface area (Å²) in [7, 11) is 0. The van der Waals surface area contributed by atoms with E-state index in [0.717, 1.165) is 18.5 Å². The maximum atomic E-state index is 13.0. The molecule has 7 heteroatoms. The van der Waals surface area contributed by atoms with E-state index in [4.69, 9.17) is 9.47 Å². The molecule has 0 bridgehead atoms. The molecule has 2 amide bonds. The summed E-state index contributed by atoms with van der Waals surface area (Å²) >= 11 is 0. The van der Waals surface area contributed by atoms with Crippen molar-refractivity contribution in [3.63, 3.8) is 0 Å². The Kier molecular flexibility index (Phi) is 5.58. The van der Waals surface area contributed by atoms with Crippen molar-refractivity contribution in [1.82, 2.24) is 14.8 Å². The van der Waals surface area contributed by atoms with Crippen LogP contribution in [0.1, 0.15) is 45.7 Å². The van der Waals surface area contributed by atoms with Crippen molar-refractivity contribution in [3.8, 4) is 5.88 Å². The zero-order valence-electron chi connectivity index (χ0n) is 16.6. The number of likely N-dealkylation sites (tertiary alicyclic amines) is 2. The Balaban J connectivity index is 1.58. The number of carbonyl (C=O) groups is 2. The van der Waals surface area contributed by atoms with Crippen LogP contribution in [0.3, 0.4) is 0 Å². The molecule has 0 aromatic carbocycles. The van der Waals surface area contributed by atoms with Gasteiger partial charge in [0.05, 0.1) is 6.54 Å². The maximum absolute atomic E-state index is 13.0. The first kappa shape index (κ1) is 19.5. The molecule has 0 radical (unpaired) electrons. The van der Waals surface area contributed by atoms with Crippen LogP contribution in [-0.2, 0) is 9.53 Å². The summed E-state index contributed by atoms with van der Waals surface area (Å²) in [5.41, 5.74) is 0.332. The van der Waals surface area contributed by atoms with Crippen molar-refractivity contribution in [2.24, 2.45) is 0 Å². The van der Waals surface area contributed by atoms with Crippen LogP contribution in [-0.4, -0.2) is 64.2 Å². The van der Waals surface area contributed by atoms with Gasteiger partial charge >= 0.3 is 6.09 Å². The van der Waals surface area contributed by atoms with E-state index >= 15 is 0 Å². The van der Waals surface area contributed by atoms with E-state index in [1.54, 1.807) is 9.80 Å². The molecule has 148 valence electrons. The van der Waals surface area contributed by atoms with Gasteiger partial charge in [-0.05, 0) is 46.6 Å². The number of nitrogens with zero attached hydrogens (tertiary/aromatic N) is 3. The van der Waals surface area contributed by atoms with E-state index in [1.165, 1.54) is 0 Å². The molecule has 2 fully saturated rings. The lowest BCUT2D eigenvalue weighted by Crippen LogP contribution is -2.48. The van der Waals surface area contributed by atoms with Gasteiger partial charge in [-0.2, -0.15) is 0 Å². The fourth-order valence-corrected chi connectivity index (χ4v) is 3.55. The van der Waals surface area contributed by atoms with E-state index in [1.807, 2.05) is 45.9 Å². The van der Waals surface area contributed by atoms with Gasteiger partial charge in [0.25, 0.3) is 0 Å². The highest BCUT2D eigenvalue weighted by molar-refractivity contribution is 5.86.